The van der Waals surface area contributed by atoms with Crippen LogP contribution >= 0.6 is 11.6 Å². The van der Waals surface area contributed by atoms with Crippen LogP contribution in [0, 0.1) is 5.92 Å². The van der Waals surface area contributed by atoms with Gasteiger partial charge in [0.15, 0.2) is 0 Å². The van der Waals surface area contributed by atoms with Crippen molar-refractivity contribution >= 4 is 17.2 Å². The molecule has 0 radical (unpaired) electrons. The van der Waals surface area contributed by atoms with Crippen molar-refractivity contribution in [3.8, 4) is 0 Å². The predicted octanol–water partition coefficient (Wildman–Crippen LogP) is 5.80. The molecule has 2 aliphatic rings. The van der Waals surface area contributed by atoms with E-state index in [9.17, 15) is 0 Å². The fourth-order valence-corrected chi connectivity index (χ4v) is 3.34. The first-order valence-corrected chi connectivity index (χ1v) is 7.57. The number of hydrogen-bond donors (Lipinski definition) is 0. The highest BCUT2D eigenvalue weighted by molar-refractivity contribution is 6.30. The van der Waals surface area contributed by atoms with Crippen molar-refractivity contribution < 1.29 is 0 Å². The summed E-state index contributed by atoms with van der Waals surface area (Å²) in [6.07, 6.45) is 15.5. The zero-order valence-corrected chi connectivity index (χ0v) is 11.9. The summed E-state index contributed by atoms with van der Waals surface area (Å²) < 4.78 is 0. The van der Waals surface area contributed by atoms with Crippen molar-refractivity contribution in [1.82, 2.24) is 0 Å². The highest BCUT2D eigenvalue weighted by Crippen LogP contribution is 2.39. The van der Waals surface area contributed by atoms with E-state index in [0.29, 0.717) is 5.92 Å². The lowest BCUT2D eigenvalue weighted by Gasteiger charge is -2.26. The minimum Gasteiger partial charge on any atom is -0.0843 e. The Morgan fingerprint density at radius 1 is 0.895 bits per heavy atom. The van der Waals surface area contributed by atoms with Gasteiger partial charge in [-0.2, -0.15) is 0 Å². The first-order chi connectivity index (χ1) is 9.34. The van der Waals surface area contributed by atoms with Crippen LogP contribution in [-0.2, 0) is 0 Å². The molecular formula is C18H19Cl. The van der Waals surface area contributed by atoms with Gasteiger partial charge in [0.25, 0.3) is 0 Å². The third-order valence-corrected chi connectivity index (χ3v) is 4.39. The van der Waals surface area contributed by atoms with Crippen LogP contribution in [0.15, 0.2) is 54.1 Å². The van der Waals surface area contributed by atoms with Crippen LogP contribution in [0.5, 0.6) is 0 Å². The van der Waals surface area contributed by atoms with Crippen LogP contribution in [0.3, 0.4) is 0 Å². The van der Waals surface area contributed by atoms with Crippen LogP contribution in [0.2, 0.25) is 5.02 Å². The first kappa shape index (κ1) is 12.7. The van der Waals surface area contributed by atoms with Gasteiger partial charge in [0.1, 0.15) is 0 Å². The standard InChI is InChI=1S/C18H19Cl/c19-17-12-10-16(11-13-17)18(15-8-4-5-9-15)14-6-2-1-3-7-14/h4-5,8-14H,1-3,6-7H2. The molecule has 1 fully saturated rings. The van der Waals surface area contributed by atoms with Crippen molar-refractivity contribution in [2.24, 2.45) is 5.92 Å². The Bertz CT molecular complexity index is 511. The van der Waals surface area contributed by atoms with E-state index in [0.717, 1.165) is 5.02 Å². The number of halogens is 1. The molecule has 1 saturated carbocycles. The van der Waals surface area contributed by atoms with Gasteiger partial charge < -0.3 is 0 Å². The summed E-state index contributed by atoms with van der Waals surface area (Å²) in [5.41, 5.74) is 4.23. The van der Waals surface area contributed by atoms with E-state index >= 15 is 0 Å². The predicted molar refractivity (Wildman–Crippen MR) is 83.2 cm³/mol. The monoisotopic (exact) mass is 270 g/mol. The summed E-state index contributed by atoms with van der Waals surface area (Å²) in [5, 5.41) is 0.814. The van der Waals surface area contributed by atoms with Gasteiger partial charge in [0, 0.05) is 5.02 Å². The van der Waals surface area contributed by atoms with E-state index in [1.807, 2.05) is 12.1 Å². The van der Waals surface area contributed by atoms with Gasteiger partial charge in [-0.1, -0.05) is 67.3 Å². The SMILES string of the molecule is Clc1ccc(C(=C2C=CC=C2)C2CCCCC2)cc1. The fraction of sp³-hybridized carbons (Fsp3) is 0.333. The zero-order chi connectivity index (χ0) is 13.1. The largest absolute Gasteiger partial charge is 0.0843 e. The molecular weight excluding hydrogens is 252 g/mol. The van der Waals surface area contributed by atoms with Gasteiger partial charge in [0.2, 0.25) is 0 Å². The van der Waals surface area contributed by atoms with Gasteiger partial charge in [-0.25, -0.2) is 0 Å². The van der Waals surface area contributed by atoms with Crippen molar-refractivity contribution in [3.05, 3.63) is 64.7 Å². The molecule has 98 valence electrons. The second-order valence-electron chi connectivity index (χ2n) is 5.43. The van der Waals surface area contributed by atoms with Crippen LogP contribution in [-0.4, -0.2) is 0 Å². The van der Waals surface area contributed by atoms with Crippen molar-refractivity contribution in [2.75, 3.05) is 0 Å². The first-order valence-electron chi connectivity index (χ1n) is 7.19. The lowest BCUT2D eigenvalue weighted by Crippen LogP contribution is -2.10. The van der Waals surface area contributed by atoms with Gasteiger partial charge >= 0.3 is 0 Å². The highest BCUT2D eigenvalue weighted by atomic mass is 35.5. The Kier molecular flexibility index (Phi) is 3.89. The summed E-state index contributed by atoms with van der Waals surface area (Å²) in [7, 11) is 0. The molecule has 1 aromatic carbocycles. The zero-order valence-electron chi connectivity index (χ0n) is 11.1. The molecule has 0 heterocycles. The summed E-state index contributed by atoms with van der Waals surface area (Å²) in [6.45, 7) is 0. The summed E-state index contributed by atoms with van der Waals surface area (Å²) >= 11 is 6.02. The van der Waals surface area contributed by atoms with Gasteiger partial charge in [-0.05, 0) is 47.6 Å². The van der Waals surface area contributed by atoms with E-state index in [-0.39, 0.29) is 0 Å². The van der Waals surface area contributed by atoms with Gasteiger partial charge in [-0.3, -0.25) is 0 Å². The molecule has 0 N–H and O–H groups in total. The molecule has 0 aromatic heterocycles. The molecule has 1 heteroatoms. The third-order valence-electron chi connectivity index (χ3n) is 4.14. The smallest absolute Gasteiger partial charge is 0.0406 e. The fourth-order valence-electron chi connectivity index (χ4n) is 3.21. The molecule has 0 saturated heterocycles. The molecule has 0 bridgehead atoms. The molecule has 3 rings (SSSR count). The Morgan fingerprint density at radius 3 is 2.16 bits per heavy atom. The minimum atomic E-state index is 0.706. The Hall–Kier alpha value is -1.27. The van der Waals surface area contributed by atoms with Crippen molar-refractivity contribution in [1.29, 1.82) is 0 Å². The van der Waals surface area contributed by atoms with Crippen LogP contribution in [0.25, 0.3) is 5.57 Å². The highest BCUT2D eigenvalue weighted by Gasteiger charge is 2.21. The Balaban J connectivity index is 2.01. The number of allylic oxidation sites excluding steroid dienone is 6. The van der Waals surface area contributed by atoms with E-state index in [4.69, 9.17) is 11.6 Å². The second kappa shape index (κ2) is 5.79. The molecule has 2 aliphatic carbocycles. The molecule has 19 heavy (non-hydrogen) atoms. The Morgan fingerprint density at radius 2 is 1.53 bits per heavy atom. The molecule has 0 unspecified atom stereocenters. The minimum absolute atomic E-state index is 0.706. The van der Waals surface area contributed by atoms with Crippen LogP contribution in [0.4, 0.5) is 0 Å². The number of benzene rings is 1. The molecule has 0 nitrogen and oxygen atoms in total. The topological polar surface area (TPSA) is 0 Å². The summed E-state index contributed by atoms with van der Waals surface area (Å²) in [4.78, 5) is 0. The molecule has 1 aromatic rings. The van der Waals surface area contributed by atoms with Gasteiger partial charge in [-0.15, -0.1) is 0 Å². The normalized spacial score (nSPS) is 19.1. The molecule has 0 atom stereocenters. The number of hydrogen-bond acceptors (Lipinski definition) is 0. The second-order valence-corrected chi connectivity index (χ2v) is 5.87. The van der Waals surface area contributed by atoms with E-state index in [1.54, 1.807) is 0 Å². The molecule has 0 amide bonds. The van der Waals surface area contributed by atoms with E-state index < -0.39 is 0 Å². The maximum Gasteiger partial charge on any atom is 0.0406 e. The molecule has 0 spiro atoms. The number of rotatable bonds is 2. The van der Waals surface area contributed by atoms with E-state index in [1.165, 1.54) is 48.8 Å². The van der Waals surface area contributed by atoms with E-state index in [2.05, 4.69) is 36.4 Å². The third kappa shape index (κ3) is 2.84. The van der Waals surface area contributed by atoms with Gasteiger partial charge in [0.05, 0.1) is 0 Å². The average Bonchev–Trinajstić information content (AvgIpc) is 2.96. The quantitative estimate of drug-likeness (QED) is 0.637. The molecule has 0 aliphatic heterocycles. The maximum absolute atomic E-state index is 6.02. The van der Waals surface area contributed by atoms with Crippen LogP contribution in [0.1, 0.15) is 37.7 Å². The lowest BCUT2D eigenvalue weighted by atomic mass is 9.79. The maximum atomic E-state index is 6.02. The lowest BCUT2D eigenvalue weighted by molar-refractivity contribution is 0.429. The summed E-state index contributed by atoms with van der Waals surface area (Å²) in [6, 6.07) is 8.34. The summed E-state index contributed by atoms with van der Waals surface area (Å²) in [5.74, 6) is 0.706. The van der Waals surface area contributed by atoms with Crippen molar-refractivity contribution in [2.45, 2.75) is 32.1 Å². The Labute approximate surface area is 120 Å². The van der Waals surface area contributed by atoms with Crippen molar-refractivity contribution in [3.63, 3.8) is 0 Å². The average molecular weight is 271 g/mol. The van der Waals surface area contributed by atoms with Crippen LogP contribution < -0.4 is 0 Å².